The minimum atomic E-state index is -1.15. The van der Waals surface area contributed by atoms with Crippen molar-refractivity contribution in [3.8, 4) is 0 Å². The van der Waals surface area contributed by atoms with Crippen molar-refractivity contribution in [2.24, 2.45) is 11.8 Å². The molecule has 0 saturated carbocycles. The third-order valence-electron chi connectivity index (χ3n) is 7.82. The summed E-state index contributed by atoms with van der Waals surface area (Å²) in [5, 5.41) is 11.0. The van der Waals surface area contributed by atoms with Gasteiger partial charge >= 0.3 is 0 Å². The number of aliphatic hydroxyl groups is 1. The molecule has 0 aliphatic carbocycles. The number of anilines is 1. The fourth-order valence-electron chi connectivity index (χ4n) is 5.60. The summed E-state index contributed by atoms with van der Waals surface area (Å²) in [5.41, 5.74) is 3.54. The third-order valence-corrected chi connectivity index (χ3v) is 8.05. The van der Waals surface area contributed by atoms with Crippen LogP contribution in [0.5, 0.6) is 0 Å². The molecule has 2 aromatic carbocycles. The number of aryl methyl sites for hydroxylation is 1. The number of benzene rings is 2. The monoisotopic (exact) mass is 511 g/mol. The Morgan fingerprint density at radius 3 is 2.22 bits per heavy atom. The molecule has 4 rings (SSSR count). The first kappa shape index (κ1) is 26.5. The van der Waals surface area contributed by atoms with Crippen LogP contribution in [-0.2, 0) is 4.79 Å². The molecule has 2 heterocycles. The van der Waals surface area contributed by atoms with E-state index in [0.717, 1.165) is 37.1 Å². The van der Waals surface area contributed by atoms with E-state index in [4.69, 9.17) is 11.6 Å². The van der Waals surface area contributed by atoms with Crippen molar-refractivity contribution in [1.82, 2.24) is 9.80 Å². The average Bonchev–Trinajstić information content (AvgIpc) is 2.88. The van der Waals surface area contributed by atoms with E-state index in [1.807, 2.05) is 13.0 Å². The molecule has 6 nitrogen and oxygen atoms in total. The number of carbonyl (C=O) groups excluding carboxylic acids is 2. The maximum Gasteiger partial charge on any atom is 0.256 e. The second-order valence-corrected chi connectivity index (χ2v) is 11.0. The number of piperidine rings is 2. The van der Waals surface area contributed by atoms with Crippen LogP contribution in [-0.4, -0.2) is 67.0 Å². The van der Waals surface area contributed by atoms with Gasteiger partial charge in [-0.1, -0.05) is 23.7 Å². The summed E-state index contributed by atoms with van der Waals surface area (Å²) in [6.07, 6.45) is 4.39. The van der Waals surface area contributed by atoms with Crippen LogP contribution >= 0.6 is 11.6 Å². The molecule has 0 spiro atoms. The van der Waals surface area contributed by atoms with Gasteiger partial charge < -0.3 is 19.8 Å². The summed E-state index contributed by atoms with van der Waals surface area (Å²) >= 11 is 6.02. The number of aliphatic hydroxyl groups excluding tert-OH is 1. The minimum absolute atomic E-state index is 0.0458. The summed E-state index contributed by atoms with van der Waals surface area (Å²) in [6.45, 7) is 5.50. The van der Waals surface area contributed by atoms with Crippen LogP contribution in [0.2, 0.25) is 5.02 Å². The zero-order valence-corrected chi connectivity index (χ0v) is 22.4. The van der Waals surface area contributed by atoms with Crippen molar-refractivity contribution in [3.63, 3.8) is 0 Å². The Morgan fingerprint density at radius 1 is 1.00 bits per heavy atom. The van der Waals surface area contributed by atoms with Gasteiger partial charge in [0.1, 0.15) is 0 Å². The van der Waals surface area contributed by atoms with Gasteiger partial charge in [0.25, 0.3) is 11.8 Å². The lowest BCUT2D eigenvalue weighted by Gasteiger charge is -2.38. The van der Waals surface area contributed by atoms with Crippen LogP contribution in [0.15, 0.2) is 42.5 Å². The van der Waals surface area contributed by atoms with Crippen molar-refractivity contribution < 1.29 is 14.7 Å². The highest BCUT2D eigenvalue weighted by atomic mass is 35.5. The quantitative estimate of drug-likeness (QED) is 0.597. The Bertz CT molecular complexity index is 1070. The number of rotatable bonds is 6. The molecule has 194 valence electrons. The second-order valence-electron chi connectivity index (χ2n) is 10.6. The lowest BCUT2D eigenvalue weighted by molar-refractivity contribution is -0.142. The average molecular weight is 512 g/mol. The van der Waals surface area contributed by atoms with E-state index < -0.39 is 6.10 Å². The molecule has 2 aliphatic heterocycles. The molecule has 2 amide bonds. The Hall–Kier alpha value is -2.57. The minimum Gasteiger partial charge on any atom is -0.378 e. The fraction of sp³-hybridized carbons (Fsp3) is 0.517. The molecule has 2 saturated heterocycles. The molecule has 1 unspecified atom stereocenters. The first-order chi connectivity index (χ1) is 17.2. The molecule has 1 N–H and O–H groups in total. The molecule has 0 aromatic heterocycles. The van der Waals surface area contributed by atoms with E-state index >= 15 is 0 Å². The first-order valence-corrected chi connectivity index (χ1v) is 13.4. The number of carbonyl (C=O) groups is 2. The number of likely N-dealkylation sites (tertiary alicyclic amines) is 1. The van der Waals surface area contributed by atoms with Gasteiger partial charge in [-0.15, -0.1) is 0 Å². The van der Waals surface area contributed by atoms with E-state index in [1.165, 1.54) is 24.9 Å². The standard InChI is InChI=1S/C29H38ClN3O3/c1-20-17-25(7-8-26(20)28(35)31(2)3)32-13-9-21(10-14-32)18-22-11-15-33(16-12-22)29(36)27(34)23-5-4-6-24(30)19-23/h4-8,17,19,21-22,27,34H,9-16,18H2,1-3H3. The number of hydrogen-bond donors (Lipinski definition) is 1. The van der Waals surface area contributed by atoms with Crippen LogP contribution in [0.25, 0.3) is 0 Å². The van der Waals surface area contributed by atoms with Gasteiger partial charge in [-0.2, -0.15) is 0 Å². The Kier molecular flexibility index (Phi) is 8.58. The maximum atomic E-state index is 12.8. The Balaban J connectivity index is 1.23. The molecular formula is C29H38ClN3O3. The molecule has 2 fully saturated rings. The lowest BCUT2D eigenvalue weighted by atomic mass is 9.82. The Morgan fingerprint density at radius 2 is 1.64 bits per heavy atom. The van der Waals surface area contributed by atoms with Gasteiger partial charge in [0.2, 0.25) is 0 Å². The van der Waals surface area contributed by atoms with E-state index in [9.17, 15) is 14.7 Å². The van der Waals surface area contributed by atoms with Gasteiger partial charge in [0.15, 0.2) is 6.10 Å². The van der Waals surface area contributed by atoms with E-state index in [1.54, 1.807) is 48.2 Å². The summed E-state index contributed by atoms with van der Waals surface area (Å²) in [5.74, 6) is 1.16. The normalized spacial score (nSPS) is 18.2. The summed E-state index contributed by atoms with van der Waals surface area (Å²) in [4.78, 5) is 31.0. The molecule has 2 aliphatic rings. The van der Waals surface area contributed by atoms with Gasteiger partial charge in [-0.05, 0) is 92.3 Å². The van der Waals surface area contributed by atoms with Crippen LogP contribution < -0.4 is 4.90 Å². The smallest absolute Gasteiger partial charge is 0.256 e. The van der Waals surface area contributed by atoms with Crippen molar-refractivity contribution >= 4 is 29.1 Å². The largest absolute Gasteiger partial charge is 0.378 e. The van der Waals surface area contributed by atoms with Gasteiger partial charge in [-0.25, -0.2) is 0 Å². The van der Waals surface area contributed by atoms with E-state index in [2.05, 4.69) is 17.0 Å². The van der Waals surface area contributed by atoms with Crippen LogP contribution in [0.4, 0.5) is 5.69 Å². The second kappa shape index (κ2) is 11.7. The van der Waals surface area contributed by atoms with E-state index in [0.29, 0.717) is 35.5 Å². The number of nitrogens with zero attached hydrogens (tertiary/aromatic N) is 3. The van der Waals surface area contributed by atoms with Crippen LogP contribution in [0.1, 0.15) is 59.7 Å². The molecule has 1 atom stereocenters. The van der Waals surface area contributed by atoms with E-state index in [-0.39, 0.29) is 11.8 Å². The summed E-state index contributed by atoms with van der Waals surface area (Å²) < 4.78 is 0. The van der Waals surface area contributed by atoms with Gasteiger partial charge in [0.05, 0.1) is 0 Å². The highest BCUT2D eigenvalue weighted by Gasteiger charge is 2.30. The zero-order valence-electron chi connectivity index (χ0n) is 21.6. The first-order valence-electron chi connectivity index (χ1n) is 13.0. The summed E-state index contributed by atoms with van der Waals surface area (Å²) in [6, 6.07) is 13.1. The topological polar surface area (TPSA) is 64.1 Å². The molecular weight excluding hydrogens is 474 g/mol. The third kappa shape index (κ3) is 6.22. The Labute approximate surface area is 219 Å². The van der Waals surface area contributed by atoms with Crippen molar-refractivity contribution in [3.05, 3.63) is 64.2 Å². The predicted molar refractivity (Wildman–Crippen MR) is 144 cm³/mol. The highest BCUT2D eigenvalue weighted by Crippen LogP contribution is 2.33. The molecule has 2 aromatic rings. The van der Waals surface area contributed by atoms with Crippen molar-refractivity contribution in [2.75, 3.05) is 45.2 Å². The van der Waals surface area contributed by atoms with Gasteiger partial charge in [-0.3, -0.25) is 9.59 Å². The predicted octanol–water partition coefficient (Wildman–Crippen LogP) is 4.93. The number of amides is 2. The molecule has 7 heteroatoms. The lowest BCUT2D eigenvalue weighted by Crippen LogP contribution is -2.42. The van der Waals surface area contributed by atoms with Gasteiger partial charge in [0, 0.05) is 56.5 Å². The van der Waals surface area contributed by atoms with Crippen molar-refractivity contribution in [2.45, 2.75) is 45.1 Å². The summed E-state index contributed by atoms with van der Waals surface area (Å²) in [7, 11) is 3.57. The zero-order chi connectivity index (χ0) is 25.8. The number of halogens is 1. The molecule has 0 radical (unpaired) electrons. The maximum absolute atomic E-state index is 12.8. The van der Waals surface area contributed by atoms with Crippen LogP contribution in [0, 0.1) is 18.8 Å². The SMILES string of the molecule is Cc1cc(N2CCC(CC3CCN(C(=O)C(O)c4cccc(Cl)c4)CC3)CC2)ccc1C(=O)N(C)C. The number of hydrogen-bond acceptors (Lipinski definition) is 4. The highest BCUT2D eigenvalue weighted by molar-refractivity contribution is 6.30. The van der Waals surface area contributed by atoms with Crippen molar-refractivity contribution in [1.29, 1.82) is 0 Å². The molecule has 0 bridgehead atoms. The molecule has 36 heavy (non-hydrogen) atoms. The fourth-order valence-corrected chi connectivity index (χ4v) is 5.80. The van der Waals surface area contributed by atoms with Crippen LogP contribution in [0.3, 0.4) is 0 Å².